The van der Waals surface area contributed by atoms with E-state index in [0.29, 0.717) is 33.8 Å². The van der Waals surface area contributed by atoms with Crippen LogP contribution in [0.15, 0.2) is 65.2 Å². The predicted octanol–water partition coefficient (Wildman–Crippen LogP) is 5.32. The number of morpholine rings is 1. The molecule has 1 aliphatic rings. The number of carbonyl (C=O) groups is 1. The molecule has 0 spiro atoms. The van der Waals surface area contributed by atoms with Crippen LogP contribution in [0.3, 0.4) is 0 Å². The fourth-order valence-corrected chi connectivity index (χ4v) is 4.77. The van der Waals surface area contributed by atoms with Crippen molar-refractivity contribution in [1.82, 2.24) is 15.4 Å². The van der Waals surface area contributed by atoms with Crippen molar-refractivity contribution in [3.8, 4) is 45.1 Å². The molecule has 196 valence electrons. The van der Waals surface area contributed by atoms with E-state index >= 15 is 0 Å². The molecule has 3 N–H and O–H groups in total. The van der Waals surface area contributed by atoms with E-state index in [1.54, 1.807) is 30.3 Å². The third-order valence-electron chi connectivity index (χ3n) is 6.49. The highest BCUT2D eigenvalue weighted by Gasteiger charge is 2.27. The number of aromatic nitrogens is 1. The van der Waals surface area contributed by atoms with Gasteiger partial charge in [-0.25, -0.2) is 0 Å². The maximum atomic E-state index is 12.9. The number of ether oxygens (including phenoxy) is 1. The van der Waals surface area contributed by atoms with E-state index in [9.17, 15) is 15.0 Å². The summed E-state index contributed by atoms with van der Waals surface area (Å²) in [7, 11) is 0. The van der Waals surface area contributed by atoms with Gasteiger partial charge in [0.2, 0.25) is 0 Å². The molecule has 0 radical (unpaired) electrons. The first-order valence-electron chi connectivity index (χ1n) is 12.4. The van der Waals surface area contributed by atoms with Crippen molar-refractivity contribution in [2.24, 2.45) is 0 Å². The Hall–Kier alpha value is -3.85. The molecule has 0 aliphatic carbocycles. The molecule has 1 aliphatic heterocycles. The van der Waals surface area contributed by atoms with Gasteiger partial charge in [-0.05, 0) is 41.8 Å². The summed E-state index contributed by atoms with van der Waals surface area (Å²) in [5, 5.41) is 28.8. The van der Waals surface area contributed by atoms with E-state index in [2.05, 4.69) is 15.4 Å². The van der Waals surface area contributed by atoms with Gasteiger partial charge in [0.15, 0.2) is 11.5 Å². The number of hydrogen-bond donors (Lipinski definition) is 3. The van der Waals surface area contributed by atoms with Crippen LogP contribution >= 0.6 is 11.6 Å². The monoisotopic (exact) mass is 533 g/mol. The second kappa shape index (κ2) is 11.3. The second-order valence-corrected chi connectivity index (χ2v) is 9.51. The molecule has 8 nitrogen and oxygen atoms in total. The molecule has 1 amide bonds. The van der Waals surface area contributed by atoms with E-state index in [1.165, 1.54) is 6.07 Å². The van der Waals surface area contributed by atoms with Gasteiger partial charge in [0.25, 0.3) is 5.91 Å². The Labute approximate surface area is 225 Å². The highest BCUT2D eigenvalue weighted by Crippen LogP contribution is 2.44. The van der Waals surface area contributed by atoms with Gasteiger partial charge in [-0.2, -0.15) is 0 Å². The molecule has 0 bridgehead atoms. The molecular formula is C29H28ClN3O5. The summed E-state index contributed by atoms with van der Waals surface area (Å²) < 4.78 is 11.1. The van der Waals surface area contributed by atoms with Gasteiger partial charge in [-0.1, -0.05) is 53.2 Å². The first kappa shape index (κ1) is 25.8. The van der Waals surface area contributed by atoms with Crippen LogP contribution in [0.5, 0.6) is 11.5 Å². The maximum absolute atomic E-state index is 12.9. The van der Waals surface area contributed by atoms with Crippen molar-refractivity contribution >= 4 is 17.5 Å². The Bertz CT molecular complexity index is 1450. The van der Waals surface area contributed by atoms with Crippen molar-refractivity contribution in [2.75, 3.05) is 32.8 Å². The molecule has 38 heavy (non-hydrogen) atoms. The molecule has 0 saturated carbocycles. The number of amides is 1. The average molecular weight is 534 g/mol. The number of nitrogens with zero attached hydrogens (tertiary/aromatic N) is 2. The van der Waals surface area contributed by atoms with Crippen LogP contribution in [0.2, 0.25) is 5.02 Å². The fraction of sp³-hybridized carbons (Fsp3) is 0.241. The molecule has 4 aromatic rings. The standard InChI is InChI=1S/C29H28ClN3O5/c1-2-31-29(36)27-26(19-8-6-18(7-9-19)17-33-10-12-37-13-11-33)28(38-32-27)23-15-22(24(34)16-25(23)35)20-4-3-5-21(30)14-20/h3-9,14-16,34-35H,2,10-13,17H2,1H3,(H,31,36). The molecule has 1 fully saturated rings. The first-order valence-corrected chi connectivity index (χ1v) is 12.8. The Morgan fingerprint density at radius 1 is 1.00 bits per heavy atom. The summed E-state index contributed by atoms with van der Waals surface area (Å²) in [6, 6.07) is 17.7. The molecule has 0 unspecified atom stereocenters. The van der Waals surface area contributed by atoms with Crippen LogP contribution in [0, 0.1) is 0 Å². The Morgan fingerprint density at radius 3 is 2.45 bits per heavy atom. The van der Waals surface area contributed by atoms with E-state index in [4.69, 9.17) is 20.9 Å². The zero-order chi connectivity index (χ0) is 26.6. The number of nitrogens with one attached hydrogen (secondary N) is 1. The summed E-state index contributed by atoms with van der Waals surface area (Å²) >= 11 is 6.17. The van der Waals surface area contributed by atoms with Crippen LogP contribution in [-0.2, 0) is 11.3 Å². The zero-order valence-corrected chi connectivity index (χ0v) is 21.7. The lowest BCUT2D eigenvalue weighted by molar-refractivity contribution is 0.0342. The third-order valence-corrected chi connectivity index (χ3v) is 6.73. The molecule has 1 saturated heterocycles. The smallest absolute Gasteiger partial charge is 0.274 e. The molecule has 0 atom stereocenters. The summed E-state index contributed by atoms with van der Waals surface area (Å²) in [6.45, 7) is 6.26. The Morgan fingerprint density at radius 2 is 1.74 bits per heavy atom. The predicted molar refractivity (Wildman–Crippen MR) is 145 cm³/mol. The van der Waals surface area contributed by atoms with Crippen LogP contribution in [0.25, 0.3) is 33.6 Å². The van der Waals surface area contributed by atoms with E-state index in [0.717, 1.165) is 38.4 Å². The lowest BCUT2D eigenvalue weighted by atomic mass is 9.95. The highest BCUT2D eigenvalue weighted by molar-refractivity contribution is 6.30. The second-order valence-electron chi connectivity index (χ2n) is 9.08. The summed E-state index contributed by atoms with van der Waals surface area (Å²) in [5.41, 5.74) is 3.80. The minimum Gasteiger partial charge on any atom is -0.507 e. The largest absolute Gasteiger partial charge is 0.507 e. The number of carbonyl (C=O) groups excluding carboxylic acids is 1. The number of aromatic hydroxyl groups is 2. The van der Waals surface area contributed by atoms with E-state index in [1.807, 2.05) is 31.2 Å². The van der Waals surface area contributed by atoms with E-state index < -0.39 is 0 Å². The Kier molecular flexibility index (Phi) is 7.64. The van der Waals surface area contributed by atoms with Gasteiger partial charge in [0.1, 0.15) is 11.5 Å². The van der Waals surface area contributed by atoms with Gasteiger partial charge in [-0.3, -0.25) is 9.69 Å². The molecular weight excluding hydrogens is 506 g/mol. The van der Waals surface area contributed by atoms with Gasteiger partial charge in [0, 0.05) is 42.8 Å². The van der Waals surface area contributed by atoms with Crippen molar-refractivity contribution in [2.45, 2.75) is 13.5 Å². The van der Waals surface area contributed by atoms with Gasteiger partial charge in [0.05, 0.1) is 24.3 Å². The maximum Gasteiger partial charge on any atom is 0.274 e. The van der Waals surface area contributed by atoms with Gasteiger partial charge in [-0.15, -0.1) is 0 Å². The summed E-state index contributed by atoms with van der Waals surface area (Å²) in [5.74, 6) is -0.501. The van der Waals surface area contributed by atoms with E-state index in [-0.39, 0.29) is 34.4 Å². The van der Waals surface area contributed by atoms with Crippen LogP contribution in [0.4, 0.5) is 0 Å². The lowest BCUT2D eigenvalue weighted by Crippen LogP contribution is -2.35. The lowest BCUT2D eigenvalue weighted by Gasteiger charge is -2.26. The topological polar surface area (TPSA) is 108 Å². The number of halogens is 1. The summed E-state index contributed by atoms with van der Waals surface area (Å²) in [4.78, 5) is 15.2. The number of benzene rings is 3. The number of phenols is 2. The molecule has 2 heterocycles. The van der Waals surface area contributed by atoms with Crippen molar-refractivity contribution in [1.29, 1.82) is 0 Å². The van der Waals surface area contributed by atoms with Crippen molar-refractivity contribution in [3.05, 3.63) is 76.9 Å². The number of phenolic OH excluding ortho intramolecular Hbond substituents is 2. The minimum atomic E-state index is -0.386. The first-order chi connectivity index (χ1) is 18.4. The van der Waals surface area contributed by atoms with Gasteiger partial charge < -0.3 is 24.8 Å². The van der Waals surface area contributed by atoms with Crippen LogP contribution < -0.4 is 5.32 Å². The minimum absolute atomic E-state index is 0.111. The average Bonchev–Trinajstić information content (AvgIpc) is 3.35. The van der Waals surface area contributed by atoms with Crippen LogP contribution in [-0.4, -0.2) is 59.0 Å². The van der Waals surface area contributed by atoms with Gasteiger partial charge >= 0.3 is 0 Å². The highest BCUT2D eigenvalue weighted by atomic mass is 35.5. The molecule has 5 rings (SSSR count). The number of rotatable bonds is 7. The fourth-order valence-electron chi connectivity index (χ4n) is 4.58. The molecule has 1 aromatic heterocycles. The summed E-state index contributed by atoms with van der Waals surface area (Å²) in [6.07, 6.45) is 0. The molecule has 9 heteroatoms. The van der Waals surface area contributed by atoms with Crippen molar-refractivity contribution < 1.29 is 24.3 Å². The van der Waals surface area contributed by atoms with Crippen LogP contribution in [0.1, 0.15) is 23.0 Å². The third kappa shape index (κ3) is 5.38. The quantitative estimate of drug-likeness (QED) is 0.295. The zero-order valence-electron chi connectivity index (χ0n) is 20.9. The molecule has 3 aromatic carbocycles. The number of hydrogen-bond acceptors (Lipinski definition) is 7. The Balaban J connectivity index is 1.58. The van der Waals surface area contributed by atoms with Crippen molar-refractivity contribution in [3.63, 3.8) is 0 Å². The SMILES string of the molecule is CCNC(=O)c1noc(-c2cc(-c3cccc(Cl)c3)c(O)cc2O)c1-c1ccc(CN2CCOCC2)cc1. The normalized spacial score (nSPS) is 13.9.